The van der Waals surface area contributed by atoms with E-state index in [1.807, 2.05) is 44.4 Å². The lowest BCUT2D eigenvalue weighted by Gasteiger charge is -2.14. The van der Waals surface area contributed by atoms with Gasteiger partial charge in [0.05, 0.1) is 0 Å². The minimum absolute atomic E-state index is 0.0668. The molecule has 2 aromatic rings. The van der Waals surface area contributed by atoms with Crippen molar-refractivity contribution < 1.29 is 8.78 Å². The molecular weight excluding hydrogens is 244 g/mol. The van der Waals surface area contributed by atoms with Gasteiger partial charge in [-0.15, -0.1) is 0 Å². The van der Waals surface area contributed by atoms with Gasteiger partial charge < -0.3 is 4.90 Å². The van der Waals surface area contributed by atoms with E-state index in [0.29, 0.717) is 0 Å². The fourth-order valence-electron chi connectivity index (χ4n) is 2.12. The van der Waals surface area contributed by atoms with Crippen LogP contribution >= 0.6 is 0 Å². The largest absolute Gasteiger partial charge is 0.305 e. The minimum Gasteiger partial charge on any atom is -0.305 e. The SMILES string of the molecule is CN(C)Cc1ccccc1-c1cccc(C(F)F)c1. The molecule has 2 rings (SSSR count). The van der Waals surface area contributed by atoms with Crippen molar-refractivity contribution in [3.8, 4) is 11.1 Å². The maximum Gasteiger partial charge on any atom is 0.263 e. The van der Waals surface area contributed by atoms with Crippen LogP contribution in [0.25, 0.3) is 11.1 Å². The summed E-state index contributed by atoms with van der Waals surface area (Å²) in [5.41, 5.74) is 3.06. The molecule has 0 fully saturated rings. The Labute approximate surface area is 112 Å². The van der Waals surface area contributed by atoms with Crippen molar-refractivity contribution in [3.63, 3.8) is 0 Å². The summed E-state index contributed by atoms with van der Waals surface area (Å²) < 4.78 is 25.5. The third kappa shape index (κ3) is 3.38. The van der Waals surface area contributed by atoms with E-state index in [-0.39, 0.29) is 5.56 Å². The number of alkyl halides is 2. The molecule has 0 amide bonds. The summed E-state index contributed by atoms with van der Waals surface area (Å²) >= 11 is 0. The van der Waals surface area contributed by atoms with Gasteiger partial charge in [-0.05, 0) is 36.9 Å². The molecule has 0 atom stereocenters. The fourth-order valence-corrected chi connectivity index (χ4v) is 2.12. The molecule has 0 N–H and O–H groups in total. The van der Waals surface area contributed by atoms with Gasteiger partial charge in [0.15, 0.2) is 0 Å². The van der Waals surface area contributed by atoms with Gasteiger partial charge in [0.25, 0.3) is 6.43 Å². The molecule has 0 spiro atoms. The van der Waals surface area contributed by atoms with Crippen molar-refractivity contribution in [1.29, 1.82) is 0 Å². The van der Waals surface area contributed by atoms with E-state index in [2.05, 4.69) is 4.90 Å². The third-order valence-electron chi connectivity index (χ3n) is 2.95. The second-order valence-corrected chi connectivity index (χ2v) is 4.82. The zero-order valence-corrected chi connectivity index (χ0v) is 11.1. The van der Waals surface area contributed by atoms with Gasteiger partial charge in [-0.2, -0.15) is 0 Å². The van der Waals surface area contributed by atoms with E-state index in [1.165, 1.54) is 6.07 Å². The van der Waals surface area contributed by atoms with Crippen LogP contribution in [0.2, 0.25) is 0 Å². The smallest absolute Gasteiger partial charge is 0.263 e. The summed E-state index contributed by atoms with van der Waals surface area (Å²) in [7, 11) is 3.98. The Morgan fingerprint density at radius 3 is 2.42 bits per heavy atom. The molecule has 0 saturated carbocycles. The van der Waals surface area contributed by atoms with Gasteiger partial charge in [0, 0.05) is 12.1 Å². The van der Waals surface area contributed by atoms with E-state index in [9.17, 15) is 8.78 Å². The molecule has 0 bridgehead atoms. The number of hydrogen-bond donors (Lipinski definition) is 0. The highest BCUT2D eigenvalue weighted by Crippen LogP contribution is 2.28. The number of hydrogen-bond acceptors (Lipinski definition) is 1. The molecule has 19 heavy (non-hydrogen) atoms. The maximum absolute atomic E-state index is 12.8. The molecule has 0 saturated heterocycles. The van der Waals surface area contributed by atoms with E-state index in [0.717, 1.165) is 23.2 Å². The van der Waals surface area contributed by atoms with Crippen LogP contribution in [0.5, 0.6) is 0 Å². The molecular formula is C16H17F2N. The number of rotatable bonds is 4. The molecule has 0 aliphatic heterocycles. The Bertz CT molecular complexity index is 550. The Morgan fingerprint density at radius 2 is 1.74 bits per heavy atom. The van der Waals surface area contributed by atoms with E-state index in [1.54, 1.807) is 12.1 Å². The minimum atomic E-state index is -2.43. The standard InChI is InChI=1S/C16H17F2N/c1-19(2)11-14-6-3-4-9-15(14)12-7-5-8-13(10-12)16(17)18/h3-10,16H,11H2,1-2H3. The molecule has 0 unspecified atom stereocenters. The summed E-state index contributed by atoms with van der Waals surface area (Å²) in [5, 5.41) is 0. The lowest BCUT2D eigenvalue weighted by Crippen LogP contribution is -2.11. The predicted octanol–water partition coefficient (Wildman–Crippen LogP) is 4.35. The quantitative estimate of drug-likeness (QED) is 0.790. The van der Waals surface area contributed by atoms with Gasteiger partial charge in [-0.25, -0.2) is 8.78 Å². The molecule has 0 heterocycles. The summed E-state index contributed by atoms with van der Waals surface area (Å²) in [6, 6.07) is 14.5. The average Bonchev–Trinajstić information content (AvgIpc) is 2.39. The monoisotopic (exact) mass is 261 g/mol. The van der Waals surface area contributed by atoms with Gasteiger partial charge in [0.1, 0.15) is 0 Å². The highest BCUT2D eigenvalue weighted by Gasteiger charge is 2.10. The second-order valence-electron chi connectivity index (χ2n) is 4.82. The Hall–Kier alpha value is -1.74. The van der Waals surface area contributed by atoms with E-state index < -0.39 is 6.43 Å². The van der Waals surface area contributed by atoms with Crippen molar-refractivity contribution in [2.75, 3.05) is 14.1 Å². The van der Waals surface area contributed by atoms with Crippen LogP contribution in [0.3, 0.4) is 0 Å². The van der Waals surface area contributed by atoms with Crippen molar-refractivity contribution in [3.05, 3.63) is 59.7 Å². The first-order chi connectivity index (χ1) is 9.08. The lowest BCUT2D eigenvalue weighted by molar-refractivity contribution is 0.151. The van der Waals surface area contributed by atoms with Crippen molar-refractivity contribution >= 4 is 0 Å². The van der Waals surface area contributed by atoms with Crippen LogP contribution in [-0.2, 0) is 6.54 Å². The van der Waals surface area contributed by atoms with Crippen LogP contribution in [0.4, 0.5) is 8.78 Å². The first kappa shape index (κ1) is 13.7. The molecule has 2 aromatic carbocycles. The Kier molecular flexibility index (Phi) is 4.27. The van der Waals surface area contributed by atoms with E-state index >= 15 is 0 Å². The van der Waals surface area contributed by atoms with Crippen LogP contribution in [0.1, 0.15) is 17.6 Å². The highest BCUT2D eigenvalue weighted by molar-refractivity contribution is 5.68. The van der Waals surface area contributed by atoms with Crippen LogP contribution in [-0.4, -0.2) is 19.0 Å². The summed E-state index contributed by atoms with van der Waals surface area (Å²) in [4.78, 5) is 2.07. The van der Waals surface area contributed by atoms with Gasteiger partial charge >= 0.3 is 0 Å². The molecule has 1 nitrogen and oxygen atoms in total. The number of nitrogens with zero attached hydrogens (tertiary/aromatic N) is 1. The van der Waals surface area contributed by atoms with Gasteiger partial charge in [0.2, 0.25) is 0 Å². The maximum atomic E-state index is 12.8. The first-order valence-corrected chi connectivity index (χ1v) is 6.19. The molecule has 0 aliphatic rings. The van der Waals surface area contributed by atoms with Crippen molar-refractivity contribution in [1.82, 2.24) is 4.90 Å². The molecule has 0 aliphatic carbocycles. The lowest BCUT2D eigenvalue weighted by atomic mass is 9.98. The van der Waals surface area contributed by atoms with Crippen LogP contribution < -0.4 is 0 Å². The Balaban J connectivity index is 2.43. The van der Waals surface area contributed by atoms with Crippen LogP contribution in [0.15, 0.2) is 48.5 Å². The van der Waals surface area contributed by atoms with E-state index in [4.69, 9.17) is 0 Å². The first-order valence-electron chi connectivity index (χ1n) is 6.19. The molecule has 100 valence electrons. The molecule has 0 aromatic heterocycles. The van der Waals surface area contributed by atoms with Gasteiger partial charge in [-0.1, -0.05) is 42.5 Å². The zero-order valence-electron chi connectivity index (χ0n) is 11.1. The normalized spacial score (nSPS) is 11.3. The third-order valence-corrected chi connectivity index (χ3v) is 2.95. The van der Waals surface area contributed by atoms with Crippen LogP contribution in [0, 0.1) is 0 Å². The molecule has 0 radical (unpaired) electrons. The summed E-state index contributed by atoms with van der Waals surface area (Å²) in [6.45, 7) is 0.787. The highest BCUT2D eigenvalue weighted by atomic mass is 19.3. The van der Waals surface area contributed by atoms with Crippen molar-refractivity contribution in [2.45, 2.75) is 13.0 Å². The molecule has 3 heteroatoms. The van der Waals surface area contributed by atoms with Gasteiger partial charge in [-0.3, -0.25) is 0 Å². The van der Waals surface area contributed by atoms with Crippen molar-refractivity contribution in [2.24, 2.45) is 0 Å². The number of benzene rings is 2. The zero-order chi connectivity index (χ0) is 13.8. The topological polar surface area (TPSA) is 3.24 Å². The predicted molar refractivity (Wildman–Crippen MR) is 74.2 cm³/mol. The second kappa shape index (κ2) is 5.93. The fraction of sp³-hybridized carbons (Fsp3) is 0.250. The average molecular weight is 261 g/mol. The Morgan fingerprint density at radius 1 is 1.00 bits per heavy atom. The number of halogens is 2. The summed E-state index contributed by atoms with van der Waals surface area (Å²) in [5.74, 6) is 0. The summed E-state index contributed by atoms with van der Waals surface area (Å²) in [6.07, 6.45) is -2.43.